The molecule has 0 aromatic rings. The quantitative estimate of drug-likeness (QED) is 0.582. The molecule has 2 atom stereocenters. The molecule has 1 aliphatic heterocycles. The van der Waals surface area contributed by atoms with Crippen LogP contribution in [0.2, 0.25) is 0 Å². The van der Waals surface area contributed by atoms with E-state index in [1.807, 2.05) is 0 Å². The van der Waals surface area contributed by atoms with E-state index in [0.29, 0.717) is 5.92 Å². The van der Waals surface area contributed by atoms with Crippen molar-refractivity contribution in [3.63, 3.8) is 0 Å². The number of rotatable bonds is 1. The summed E-state index contributed by atoms with van der Waals surface area (Å²) >= 11 is 0. The molecule has 0 spiro atoms. The third kappa shape index (κ3) is 0.891. The van der Waals surface area contributed by atoms with Gasteiger partial charge in [0.1, 0.15) is 0 Å². The van der Waals surface area contributed by atoms with Gasteiger partial charge in [-0.05, 0) is 25.3 Å². The van der Waals surface area contributed by atoms with Crippen molar-refractivity contribution in [1.29, 1.82) is 0 Å². The third-order valence-electron chi connectivity index (χ3n) is 3.38. The summed E-state index contributed by atoms with van der Waals surface area (Å²) in [5.41, 5.74) is -0.158. The lowest BCUT2D eigenvalue weighted by Crippen LogP contribution is -2.36. The smallest absolute Gasteiger partial charge is 0.313 e. The van der Waals surface area contributed by atoms with Crippen LogP contribution < -0.4 is 5.32 Å². The highest BCUT2D eigenvalue weighted by molar-refractivity contribution is 5.78. The summed E-state index contributed by atoms with van der Waals surface area (Å²) in [4.78, 5) is 11.6. The Hall–Kier alpha value is -0.570. The molecule has 2 rings (SSSR count). The molecule has 1 aliphatic carbocycles. The molecule has 1 N–H and O–H groups in total. The van der Waals surface area contributed by atoms with Crippen molar-refractivity contribution in [3.05, 3.63) is 0 Å². The number of carbonyl (C=O) groups excluding carboxylic acids is 1. The van der Waals surface area contributed by atoms with Crippen LogP contribution >= 0.6 is 0 Å². The summed E-state index contributed by atoms with van der Waals surface area (Å²) in [5.74, 6) is 0.528. The van der Waals surface area contributed by atoms with Crippen LogP contribution in [0, 0.1) is 11.3 Å². The Kier molecular flexibility index (Phi) is 1.83. The molecular weight excluding hydrogens is 154 g/mol. The van der Waals surface area contributed by atoms with E-state index in [1.165, 1.54) is 20.0 Å². The molecule has 12 heavy (non-hydrogen) atoms. The minimum Gasteiger partial charge on any atom is -0.469 e. The second-order valence-corrected chi connectivity index (χ2v) is 3.87. The van der Waals surface area contributed by atoms with Crippen LogP contribution in [0.3, 0.4) is 0 Å². The zero-order chi connectivity index (χ0) is 8.60. The molecule has 2 fully saturated rings. The molecule has 0 amide bonds. The van der Waals surface area contributed by atoms with Gasteiger partial charge in [0.15, 0.2) is 0 Å². The fourth-order valence-corrected chi connectivity index (χ4v) is 2.69. The van der Waals surface area contributed by atoms with Crippen molar-refractivity contribution >= 4 is 5.97 Å². The van der Waals surface area contributed by atoms with Crippen LogP contribution in [-0.2, 0) is 9.53 Å². The highest BCUT2D eigenvalue weighted by atomic mass is 16.5. The first-order valence-electron chi connectivity index (χ1n) is 4.59. The number of ether oxygens (including phenoxy) is 1. The molecule has 2 aliphatic rings. The van der Waals surface area contributed by atoms with Gasteiger partial charge in [-0.25, -0.2) is 0 Å². The SMILES string of the molecule is COC(=O)[C@]12CCC[C@H]1CNC2. The predicted octanol–water partition coefficient (Wildman–Crippen LogP) is 0.549. The van der Waals surface area contributed by atoms with Crippen LogP contribution in [0.1, 0.15) is 19.3 Å². The van der Waals surface area contributed by atoms with Crippen LogP contribution in [-0.4, -0.2) is 26.2 Å². The minimum absolute atomic E-state index is 0.00463. The lowest BCUT2D eigenvalue weighted by atomic mass is 9.81. The van der Waals surface area contributed by atoms with E-state index < -0.39 is 0 Å². The van der Waals surface area contributed by atoms with Crippen LogP contribution in [0.4, 0.5) is 0 Å². The Labute approximate surface area is 72.5 Å². The van der Waals surface area contributed by atoms with Gasteiger partial charge in [0.2, 0.25) is 0 Å². The summed E-state index contributed by atoms with van der Waals surface area (Å²) in [7, 11) is 1.49. The third-order valence-corrected chi connectivity index (χ3v) is 3.38. The highest BCUT2D eigenvalue weighted by Gasteiger charge is 2.52. The molecule has 0 unspecified atom stereocenters. The predicted molar refractivity (Wildman–Crippen MR) is 44.7 cm³/mol. The first-order valence-corrected chi connectivity index (χ1v) is 4.59. The maximum Gasteiger partial charge on any atom is 0.313 e. The van der Waals surface area contributed by atoms with E-state index in [9.17, 15) is 4.79 Å². The highest BCUT2D eigenvalue weighted by Crippen LogP contribution is 2.46. The summed E-state index contributed by atoms with van der Waals surface area (Å²) in [6.45, 7) is 1.82. The summed E-state index contributed by atoms with van der Waals surface area (Å²) in [5, 5.41) is 3.28. The van der Waals surface area contributed by atoms with Gasteiger partial charge in [0, 0.05) is 6.54 Å². The molecule has 68 valence electrons. The van der Waals surface area contributed by atoms with E-state index in [4.69, 9.17) is 4.74 Å². The fraction of sp³-hybridized carbons (Fsp3) is 0.889. The van der Waals surface area contributed by atoms with Gasteiger partial charge in [-0.2, -0.15) is 0 Å². The molecule has 3 heteroatoms. The number of methoxy groups -OCH3 is 1. The number of fused-ring (bicyclic) bond motifs is 1. The van der Waals surface area contributed by atoms with Gasteiger partial charge in [-0.3, -0.25) is 4.79 Å². The van der Waals surface area contributed by atoms with Crippen molar-refractivity contribution in [2.24, 2.45) is 11.3 Å². The van der Waals surface area contributed by atoms with E-state index in [0.717, 1.165) is 19.5 Å². The summed E-state index contributed by atoms with van der Waals surface area (Å²) < 4.78 is 4.86. The zero-order valence-corrected chi connectivity index (χ0v) is 7.43. The van der Waals surface area contributed by atoms with Crippen molar-refractivity contribution in [1.82, 2.24) is 5.32 Å². The van der Waals surface area contributed by atoms with E-state index >= 15 is 0 Å². The van der Waals surface area contributed by atoms with Crippen molar-refractivity contribution in [3.8, 4) is 0 Å². The Morgan fingerprint density at radius 1 is 1.67 bits per heavy atom. The fourth-order valence-electron chi connectivity index (χ4n) is 2.69. The Morgan fingerprint density at radius 3 is 3.25 bits per heavy atom. The number of nitrogens with one attached hydrogen (secondary N) is 1. The van der Waals surface area contributed by atoms with E-state index in [-0.39, 0.29) is 11.4 Å². The van der Waals surface area contributed by atoms with Gasteiger partial charge in [-0.15, -0.1) is 0 Å². The lowest BCUT2D eigenvalue weighted by Gasteiger charge is -2.24. The number of carbonyl (C=O) groups is 1. The van der Waals surface area contributed by atoms with Crippen molar-refractivity contribution in [2.75, 3.05) is 20.2 Å². The molecule has 3 nitrogen and oxygen atoms in total. The largest absolute Gasteiger partial charge is 0.469 e. The van der Waals surface area contributed by atoms with Crippen LogP contribution in [0.5, 0.6) is 0 Å². The van der Waals surface area contributed by atoms with Gasteiger partial charge in [0.25, 0.3) is 0 Å². The van der Waals surface area contributed by atoms with Gasteiger partial charge in [0.05, 0.1) is 12.5 Å². The standard InChI is InChI=1S/C9H15NO2/c1-12-8(11)9-4-2-3-7(9)5-10-6-9/h7,10H,2-6H2,1H3/t7-,9-/m0/s1. The van der Waals surface area contributed by atoms with Gasteiger partial charge < -0.3 is 10.1 Å². The lowest BCUT2D eigenvalue weighted by molar-refractivity contribution is -0.153. The first kappa shape index (κ1) is 8.05. The molecule has 0 aromatic carbocycles. The van der Waals surface area contributed by atoms with Crippen LogP contribution in [0.25, 0.3) is 0 Å². The Morgan fingerprint density at radius 2 is 2.50 bits per heavy atom. The second kappa shape index (κ2) is 2.73. The zero-order valence-electron chi connectivity index (χ0n) is 7.43. The maximum atomic E-state index is 11.6. The van der Waals surface area contributed by atoms with E-state index in [1.54, 1.807) is 0 Å². The average molecular weight is 169 g/mol. The number of hydrogen-bond acceptors (Lipinski definition) is 3. The Balaban J connectivity index is 2.21. The number of esters is 1. The van der Waals surface area contributed by atoms with Crippen molar-refractivity contribution < 1.29 is 9.53 Å². The Bertz CT molecular complexity index is 193. The maximum absolute atomic E-state index is 11.6. The van der Waals surface area contributed by atoms with Crippen molar-refractivity contribution in [2.45, 2.75) is 19.3 Å². The van der Waals surface area contributed by atoms with Gasteiger partial charge in [-0.1, -0.05) is 6.42 Å². The average Bonchev–Trinajstić information content (AvgIpc) is 2.60. The molecular formula is C9H15NO2. The molecule has 1 heterocycles. The van der Waals surface area contributed by atoms with E-state index in [2.05, 4.69) is 5.32 Å². The summed E-state index contributed by atoms with van der Waals surface area (Å²) in [6.07, 6.45) is 3.38. The first-order chi connectivity index (χ1) is 5.79. The molecule has 0 radical (unpaired) electrons. The topological polar surface area (TPSA) is 38.3 Å². The molecule has 0 bridgehead atoms. The summed E-state index contributed by atoms with van der Waals surface area (Å²) in [6, 6.07) is 0. The molecule has 1 saturated carbocycles. The van der Waals surface area contributed by atoms with Crippen LogP contribution in [0.15, 0.2) is 0 Å². The second-order valence-electron chi connectivity index (χ2n) is 3.87. The molecule has 0 aromatic heterocycles. The van der Waals surface area contributed by atoms with Gasteiger partial charge >= 0.3 is 5.97 Å². The number of hydrogen-bond donors (Lipinski definition) is 1. The molecule has 1 saturated heterocycles. The normalized spacial score (nSPS) is 39.6. The minimum atomic E-state index is -0.158. The monoisotopic (exact) mass is 169 g/mol.